The maximum absolute atomic E-state index is 13.6. The van der Waals surface area contributed by atoms with Gasteiger partial charge in [0.2, 0.25) is 5.91 Å². The Morgan fingerprint density at radius 3 is 2.42 bits per heavy atom. The molecule has 0 atom stereocenters. The molecule has 0 bridgehead atoms. The molecule has 12 heteroatoms. The number of aromatic nitrogens is 3. The number of benzene rings is 1. The van der Waals surface area contributed by atoms with Crippen molar-refractivity contribution in [1.29, 1.82) is 0 Å². The van der Waals surface area contributed by atoms with Crippen molar-refractivity contribution in [2.24, 2.45) is 17.8 Å². The maximum Gasteiger partial charge on any atom is 0.296 e. The van der Waals surface area contributed by atoms with Gasteiger partial charge in [0.1, 0.15) is 11.3 Å². The molecule has 2 N–H and O–H groups in total. The summed E-state index contributed by atoms with van der Waals surface area (Å²) in [6.45, 7) is 8.40. The Labute approximate surface area is 299 Å². The number of ether oxygens (including phenoxy) is 1. The average molecular weight is 722 g/mol. The Hall–Kier alpha value is -3.06. The van der Waals surface area contributed by atoms with Crippen LogP contribution in [0.3, 0.4) is 0 Å². The summed E-state index contributed by atoms with van der Waals surface area (Å²) in [7, 11) is -3.78. The number of fused-ring (bicyclic) bond motifs is 3. The van der Waals surface area contributed by atoms with E-state index in [0.717, 1.165) is 131 Å². The minimum Gasteiger partial charge on any atom is -0.382 e. The van der Waals surface area contributed by atoms with Crippen molar-refractivity contribution in [3.8, 4) is 0 Å². The number of hydrogen-bond donors (Lipinski definition) is 1. The molecule has 0 unspecified atom stereocenters. The number of amides is 1. The molecular formula is C38H51N5O5S2. The normalized spacial score (nSPS) is 21.4. The van der Waals surface area contributed by atoms with Gasteiger partial charge >= 0.3 is 0 Å². The van der Waals surface area contributed by atoms with Crippen molar-refractivity contribution in [2.75, 3.05) is 38.6 Å². The number of rotatable bonds is 11. The zero-order valence-corrected chi connectivity index (χ0v) is 31.1. The predicted octanol–water partition coefficient (Wildman–Crippen LogP) is 7.22. The van der Waals surface area contributed by atoms with E-state index >= 15 is 0 Å². The second kappa shape index (κ2) is 15.3. The summed E-state index contributed by atoms with van der Waals surface area (Å²) in [5, 5.41) is 0. The third-order valence-corrected chi connectivity index (χ3v) is 13.8. The molecule has 0 spiro atoms. The molecule has 4 aromatic rings. The molecule has 1 aromatic carbocycles. The number of unbranched alkanes of at least 4 members (excludes halogenated alkanes) is 1. The third kappa shape index (κ3) is 7.59. The molecule has 3 aliphatic rings. The SMILES string of the molecule is CCCCc1nc2c(N)nc3cc(C4CCN(C(=O)C5CCC(COS(=O)(=O)c6ccc(C)cc6)CC5)CC4)sc3c2n1CC1CCOCC1. The first kappa shape index (κ1) is 35.3. The topological polar surface area (TPSA) is 130 Å². The molecule has 10 nitrogen and oxygen atoms in total. The molecule has 5 heterocycles. The van der Waals surface area contributed by atoms with Gasteiger partial charge in [-0.3, -0.25) is 8.98 Å². The highest BCUT2D eigenvalue weighted by Crippen LogP contribution is 2.41. The van der Waals surface area contributed by atoms with E-state index in [1.54, 1.807) is 24.3 Å². The smallest absolute Gasteiger partial charge is 0.296 e. The van der Waals surface area contributed by atoms with E-state index in [9.17, 15) is 13.2 Å². The van der Waals surface area contributed by atoms with Crippen LogP contribution in [0.4, 0.5) is 5.82 Å². The highest BCUT2D eigenvalue weighted by Gasteiger charge is 2.33. The summed E-state index contributed by atoms with van der Waals surface area (Å²) in [5.74, 6) is 2.96. The predicted molar refractivity (Wildman–Crippen MR) is 198 cm³/mol. The standard InChI is InChI=1S/C38H51N5O5S2/c1-3-4-5-33-41-34-35(43(33)23-26-16-20-47-21-17-26)36-31(40-37(34)39)22-32(49-36)28-14-18-42(19-15-28)38(44)29-10-8-27(9-11-29)24-48-50(45,46)30-12-6-25(2)7-13-30/h6-7,12-13,22,26-29H,3-5,8-11,14-21,23-24H2,1-2H3,(H2,39,40). The molecule has 1 saturated carbocycles. The lowest BCUT2D eigenvalue weighted by Crippen LogP contribution is -2.42. The molecule has 7 rings (SSSR count). The highest BCUT2D eigenvalue weighted by molar-refractivity contribution is 7.86. The quantitative estimate of drug-likeness (QED) is 0.161. The van der Waals surface area contributed by atoms with Crippen LogP contribution in [0.15, 0.2) is 35.2 Å². The van der Waals surface area contributed by atoms with Gasteiger partial charge in [-0.25, -0.2) is 9.97 Å². The van der Waals surface area contributed by atoms with Crippen LogP contribution in [0.25, 0.3) is 21.3 Å². The Morgan fingerprint density at radius 1 is 1.00 bits per heavy atom. The van der Waals surface area contributed by atoms with Crippen LogP contribution >= 0.6 is 11.3 Å². The molecule has 3 aromatic heterocycles. The van der Waals surface area contributed by atoms with Gasteiger partial charge in [-0.15, -0.1) is 11.3 Å². The molecule has 0 radical (unpaired) electrons. The summed E-state index contributed by atoms with van der Waals surface area (Å²) in [6, 6.07) is 8.96. The molecule has 2 aliphatic heterocycles. The molecule has 50 heavy (non-hydrogen) atoms. The first-order valence-electron chi connectivity index (χ1n) is 18.6. The number of hydrogen-bond acceptors (Lipinski definition) is 9. The van der Waals surface area contributed by atoms with Gasteiger partial charge in [-0.2, -0.15) is 8.42 Å². The monoisotopic (exact) mass is 721 g/mol. The molecular weight excluding hydrogens is 671 g/mol. The van der Waals surface area contributed by atoms with Gasteiger partial charge < -0.3 is 19.9 Å². The highest BCUT2D eigenvalue weighted by atomic mass is 32.2. The minimum absolute atomic E-state index is 0.000733. The van der Waals surface area contributed by atoms with E-state index in [4.69, 9.17) is 24.6 Å². The largest absolute Gasteiger partial charge is 0.382 e. The zero-order valence-electron chi connectivity index (χ0n) is 29.4. The Morgan fingerprint density at radius 2 is 1.72 bits per heavy atom. The first-order valence-corrected chi connectivity index (χ1v) is 20.8. The summed E-state index contributed by atoms with van der Waals surface area (Å²) in [6.07, 6.45) is 10.3. The van der Waals surface area contributed by atoms with E-state index < -0.39 is 10.1 Å². The van der Waals surface area contributed by atoms with E-state index in [0.29, 0.717) is 17.7 Å². The number of piperidine rings is 1. The minimum atomic E-state index is -3.78. The van der Waals surface area contributed by atoms with Crippen LogP contribution in [0.5, 0.6) is 0 Å². The molecule has 1 aliphatic carbocycles. The number of likely N-dealkylation sites (tertiary alicyclic amines) is 1. The fourth-order valence-corrected chi connectivity index (χ4v) is 10.3. The van der Waals surface area contributed by atoms with Crippen LogP contribution in [-0.2, 0) is 36.8 Å². The molecule has 3 fully saturated rings. The van der Waals surface area contributed by atoms with Gasteiger partial charge in [0, 0.05) is 50.1 Å². The van der Waals surface area contributed by atoms with Crippen molar-refractivity contribution in [2.45, 2.75) is 102 Å². The van der Waals surface area contributed by atoms with Gasteiger partial charge in [0.05, 0.1) is 27.2 Å². The summed E-state index contributed by atoms with van der Waals surface area (Å²) >= 11 is 1.84. The Kier molecular flexibility index (Phi) is 10.8. The number of nitrogens with zero attached hydrogens (tertiary/aromatic N) is 4. The van der Waals surface area contributed by atoms with Crippen molar-refractivity contribution in [3.05, 3.63) is 46.6 Å². The first-order chi connectivity index (χ1) is 24.2. The van der Waals surface area contributed by atoms with Crippen molar-refractivity contribution in [1.82, 2.24) is 19.4 Å². The maximum atomic E-state index is 13.6. The number of nitrogens with two attached hydrogens (primary N) is 1. The molecule has 270 valence electrons. The van der Waals surface area contributed by atoms with Crippen LogP contribution in [0.2, 0.25) is 0 Å². The van der Waals surface area contributed by atoms with Gasteiger partial charge in [-0.1, -0.05) is 31.0 Å². The lowest BCUT2D eigenvalue weighted by Gasteiger charge is -2.36. The fraction of sp³-hybridized carbons (Fsp3) is 0.605. The van der Waals surface area contributed by atoms with Gasteiger partial charge in [0.25, 0.3) is 10.1 Å². The van der Waals surface area contributed by atoms with E-state index in [-0.39, 0.29) is 29.2 Å². The van der Waals surface area contributed by atoms with Gasteiger partial charge in [-0.05, 0) is 101 Å². The van der Waals surface area contributed by atoms with E-state index in [1.807, 2.05) is 18.3 Å². The second-order valence-electron chi connectivity index (χ2n) is 14.7. The lowest BCUT2D eigenvalue weighted by molar-refractivity contribution is -0.138. The van der Waals surface area contributed by atoms with Crippen molar-refractivity contribution < 1.29 is 22.1 Å². The number of carbonyl (C=O) groups excluding carboxylic acids is 1. The van der Waals surface area contributed by atoms with Crippen LogP contribution in [-0.4, -0.2) is 66.7 Å². The summed E-state index contributed by atoms with van der Waals surface area (Å²) in [5.41, 5.74) is 10.5. The third-order valence-electron chi connectivity index (χ3n) is 11.2. The van der Waals surface area contributed by atoms with Crippen molar-refractivity contribution >= 4 is 54.4 Å². The Balaban J connectivity index is 0.977. The Bertz CT molecular complexity index is 1900. The summed E-state index contributed by atoms with van der Waals surface area (Å²) < 4.78 is 40.0. The number of imidazole rings is 1. The van der Waals surface area contributed by atoms with Crippen LogP contribution in [0.1, 0.15) is 93.3 Å². The zero-order chi connectivity index (χ0) is 34.8. The summed E-state index contributed by atoms with van der Waals surface area (Å²) in [4.78, 5) is 27.1. The van der Waals surface area contributed by atoms with Crippen LogP contribution in [0, 0.1) is 24.7 Å². The fourth-order valence-electron chi connectivity index (χ4n) is 8.03. The average Bonchev–Trinajstić information content (AvgIpc) is 3.72. The van der Waals surface area contributed by atoms with Crippen molar-refractivity contribution in [3.63, 3.8) is 0 Å². The molecule has 1 amide bonds. The number of nitrogen functional groups attached to an aromatic ring is 1. The lowest BCUT2D eigenvalue weighted by atomic mass is 9.81. The number of aryl methyl sites for hydroxylation is 2. The number of anilines is 1. The molecule has 2 saturated heterocycles. The number of thiophene rings is 1. The number of carbonyl (C=O) groups is 1. The van der Waals surface area contributed by atoms with Gasteiger partial charge in [0.15, 0.2) is 5.82 Å². The second-order valence-corrected chi connectivity index (χ2v) is 17.4. The van der Waals surface area contributed by atoms with E-state index in [2.05, 4.69) is 22.5 Å². The van der Waals surface area contributed by atoms with E-state index in [1.165, 1.54) is 9.58 Å². The van der Waals surface area contributed by atoms with Crippen LogP contribution < -0.4 is 5.73 Å². The number of pyridine rings is 1.